The summed E-state index contributed by atoms with van der Waals surface area (Å²) in [6, 6.07) is 14.3. The molecule has 8 heteroatoms. The molecule has 0 saturated carbocycles. The van der Waals surface area contributed by atoms with Gasteiger partial charge < -0.3 is 14.6 Å². The second-order valence-corrected chi connectivity index (χ2v) is 7.77. The van der Waals surface area contributed by atoms with Crippen LogP contribution in [0, 0.1) is 0 Å². The van der Waals surface area contributed by atoms with E-state index < -0.39 is 12.1 Å². The first-order valence-electron chi connectivity index (χ1n) is 8.90. The molecule has 0 aliphatic carbocycles. The normalized spacial score (nSPS) is 16.2. The fraction of sp³-hybridized carbons (Fsp3) is 0.190. The van der Waals surface area contributed by atoms with E-state index in [1.165, 1.54) is 23.6 Å². The van der Waals surface area contributed by atoms with Crippen LogP contribution in [0.5, 0.6) is 11.5 Å². The number of hydrogen-bond donors (Lipinski definition) is 1. The molecular formula is C21H19NO5S2. The number of para-hydroxylation sites is 1. The van der Waals surface area contributed by atoms with E-state index in [1.807, 2.05) is 37.3 Å². The Bertz CT molecular complexity index is 974. The molecule has 29 heavy (non-hydrogen) atoms. The number of benzene rings is 2. The minimum absolute atomic E-state index is 0.191. The van der Waals surface area contributed by atoms with Gasteiger partial charge in [0.15, 0.2) is 21.9 Å². The molecule has 6 nitrogen and oxygen atoms in total. The van der Waals surface area contributed by atoms with E-state index in [9.17, 15) is 9.59 Å². The number of thioether (sulfide) groups is 1. The zero-order valence-electron chi connectivity index (χ0n) is 15.8. The molecular weight excluding hydrogens is 410 g/mol. The quantitative estimate of drug-likeness (QED) is 0.518. The van der Waals surface area contributed by atoms with E-state index in [0.717, 1.165) is 11.3 Å². The van der Waals surface area contributed by atoms with Crippen molar-refractivity contribution < 1.29 is 24.2 Å². The largest absolute Gasteiger partial charge is 0.490 e. The molecule has 0 aromatic heterocycles. The summed E-state index contributed by atoms with van der Waals surface area (Å²) in [5.41, 5.74) is 1.44. The summed E-state index contributed by atoms with van der Waals surface area (Å²) >= 11 is 6.61. The summed E-state index contributed by atoms with van der Waals surface area (Å²) in [4.78, 5) is 25.9. The van der Waals surface area contributed by atoms with E-state index >= 15 is 0 Å². The smallest absolute Gasteiger partial charge is 0.344 e. The first-order chi connectivity index (χ1) is 13.9. The Morgan fingerprint density at radius 3 is 2.62 bits per heavy atom. The average Bonchev–Trinajstić information content (AvgIpc) is 2.97. The van der Waals surface area contributed by atoms with Crippen molar-refractivity contribution in [1.29, 1.82) is 0 Å². The highest BCUT2D eigenvalue weighted by molar-refractivity contribution is 8.27. The Balaban J connectivity index is 1.88. The van der Waals surface area contributed by atoms with E-state index in [4.69, 9.17) is 26.8 Å². The third kappa shape index (κ3) is 4.78. The van der Waals surface area contributed by atoms with Crippen molar-refractivity contribution >= 4 is 51.9 Å². The van der Waals surface area contributed by atoms with E-state index in [2.05, 4.69) is 0 Å². The van der Waals surface area contributed by atoms with Gasteiger partial charge in [0.2, 0.25) is 0 Å². The van der Waals surface area contributed by atoms with Crippen molar-refractivity contribution in [2.24, 2.45) is 0 Å². The lowest BCUT2D eigenvalue weighted by molar-refractivity contribution is -0.144. The van der Waals surface area contributed by atoms with Gasteiger partial charge in [-0.2, -0.15) is 0 Å². The maximum absolute atomic E-state index is 12.8. The number of ether oxygens (including phenoxy) is 2. The van der Waals surface area contributed by atoms with Crippen molar-refractivity contribution in [2.45, 2.75) is 20.0 Å². The highest BCUT2D eigenvalue weighted by Gasteiger charge is 2.33. The van der Waals surface area contributed by atoms with Crippen LogP contribution in [0.15, 0.2) is 53.4 Å². The lowest BCUT2D eigenvalue weighted by Gasteiger charge is -2.15. The van der Waals surface area contributed by atoms with E-state index in [1.54, 1.807) is 24.3 Å². The molecule has 1 atom stereocenters. The molecule has 1 unspecified atom stereocenters. The fourth-order valence-electron chi connectivity index (χ4n) is 2.64. The van der Waals surface area contributed by atoms with Gasteiger partial charge in [0, 0.05) is 0 Å². The Labute approximate surface area is 178 Å². The Morgan fingerprint density at radius 2 is 1.97 bits per heavy atom. The van der Waals surface area contributed by atoms with Crippen molar-refractivity contribution in [2.75, 3.05) is 11.5 Å². The van der Waals surface area contributed by atoms with Crippen LogP contribution in [0.1, 0.15) is 19.4 Å². The Hall–Kier alpha value is -2.84. The zero-order valence-corrected chi connectivity index (χ0v) is 17.5. The van der Waals surface area contributed by atoms with Crippen molar-refractivity contribution in [3.8, 4) is 11.5 Å². The van der Waals surface area contributed by atoms with Gasteiger partial charge in [-0.25, -0.2) is 4.79 Å². The van der Waals surface area contributed by atoms with Crippen molar-refractivity contribution in [3.05, 3.63) is 59.0 Å². The number of carboxylic acid groups (broad SMARTS) is 1. The number of hydrogen-bond acceptors (Lipinski definition) is 6. The average molecular weight is 430 g/mol. The highest BCUT2D eigenvalue weighted by Crippen LogP contribution is 2.37. The summed E-state index contributed by atoms with van der Waals surface area (Å²) in [5.74, 6) is -0.520. The van der Waals surface area contributed by atoms with Gasteiger partial charge in [-0.15, -0.1) is 0 Å². The van der Waals surface area contributed by atoms with Crippen LogP contribution in [0.2, 0.25) is 0 Å². The molecule has 1 aliphatic heterocycles. The predicted molar refractivity (Wildman–Crippen MR) is 117 cm³/mol. The molecule has 2 aromatic carbocycles. The van der Waals surface area contributed by atoms with Crippen LogP contribution >= 0.6 is 24.0 Å². The molecule has 1 amide bonds. The summed E-state index contributed by atoms with van der Waals surface area (Å²) < 4.78 is 11.5. The highest BCUT2D eigenvalue weighted by atomic mass is 32.2. The number of carbonyl (C=O) groups is 2. The monoisotopic (exact) mass is 429 g/mol. The number of thiocarbonyl (C=S) groups is 1. The predicted octanol–water partition coefficient (Wildman–Crippen LogP) is 4.34. The van der Waals surface area contributed by atoms with Gasteiger partial charge in [0.1, 0.15) is 0 Å². The van der Waals surface area contributed by atoms with E-state index in [-0.39, 0.29) is 5.91 Å². The summed E-state index contributed by atoms with van der Waals surface area (Å²) in [5, 5.41) is 9.05. The van der Waals surface area contributed by atoms with Crippen LogP contribution in [-0.2, 0) is 9.59 Å². The molecule has 1 N–H and O–H groups in total. The van der Waals surface area contributed by atoms with Gasteiger partial charge in [-0.3, -0.25) is 9.69 Å². The van der Waals surface area contributed by atoms with Gasteiger partial charge in [-0.05, 0) is 49.8 Å². The van der Waals surface area contributed by atoms with Crippen molar-refractivity contribution in [3.63, 3.8) is 0 Å². The number of anilines is 1. The summed E-state index contributed by atoms with van der Waals surface area (Å²) in [6.45, 7) is 3.65. The molecule has 1 aliphatic rings. The van der Waals surface area contributed by atoms with Gasteiger partial charge in [0.25, 0.3) is 5.91 Å². The SMILES string of the molecule is CCOc1cc(/C=C2/SC(=S)N(c3ccccc3)C2=O)ccc1OC(C)C(=O)O. The molecule has 0 spiro atoms. The van der Waals surface area contributed by atoms with Crippen LogP contribution in [0.4, 0.5) is 5.69 Å². The molecule has 1 saturated heterocycles. The molecule has 150 valence electrons. The molecule has 0 bridgehead atoms. The first-order valence-corrected chi connectivity index (χ1v) is 10.1. The molecule has 1 heterocycles. The third-order valence-corrected chi connectivity index (χ3v) is 5.33. The molecule has 0 radical (unpaired) electrons. The van der Waals surface area contributed by atoms with Gasteiger partial charge in [0.05, 0.1) is 17.2 Å². The lowest BCUT2D eigenvalue weighted by Crippen LogP contribution is -2.27. The Kier molecular flexibility index (Phi) is 6.56. The van der Waals surface area contributed by atoms with Gasteiger partial charge in [-0.1, -0.05) is 48.2 Å². The maximum Gasteiger partial charge on any atom is 0.344 e. The van der Waals surface area contributed by atoms with Crippen molar-refractivity contribution in [1.82, 2.24) is 0 Å². The summed E-state index contributed by atoms with van der Waals surface area (Å²) in [6.07, 6.45) is 0.719. The standard InChI is InChI=1S/C21H19NO5S2/c1-3-26-17-11-14(9-10-16(17)27-13(2)20(24)25)12-18-19(23)22(21(28)29-18)15-7-5-4-6-8-15/h4-13H,3H2,1-2H3,(H,24,25)/b18-12+. The number of amides is 1. The second-order valence-electron chi connectivity index (χ2n) is 6.09. The first kappa shape index (κ1) is 20.9. The molecule has 1 fully saturated rings. The molecule has 2 aromatic rings. The molecule has 3 rings (SSSR count). The second kappa shape index (κ2) is 9.11. The fourth-order valence-corrected chi connectivity index (χ4v) is 3.94. The maximum atomic E-state index is 12.8. The number of aliphatic carboxylic acids is 1. The minimum atomic E-state index is -1.07. The number of carboxylic acids is 1. The summed E-state index contributed by atoms with van der Waals surface area (Å²) in [7, 11) is 0. The van der Waals surface area contributed by atoms with Crippen LogP contribution in [0.25, 0.3) is 6.08 Å². The third-order valence-electron chi connectivity index (χ3n) is 4.02. The minimum Gasteiger partial charge on any atom is -0.490 e. The zero-order chi connectivity index (χ0) is 21.0. The number of nitrogens with zero attached hydrogens (tertiary/aromatic N) is 1. The van der Waals surface area contributed by atoms with Gasteiger partial charge >= 0.3 is 5.97 Å². The van der Waals surface area contributed by atoms with Crippen LogP contribution in [-0.4, -0.2) is 34.0 Å². The topological polar surface area (TPSA) is 76.1 Å². The van der Waals surface area contributed by atoms with Crippen LogP contribution in [0.3, 0.4) is 0 Å². The Morgan fingerprint density at radius 1 is 1.24 bits per heavy atom. The number of rotatable bonds is 7. The van der Waals surface area contributed by atoms with E-state index in [0.29, 0.717) is 27.3 Å². The lowest BCUT2D eigenvalue weighted by atomic mass is 10.1. The number of carbonyl (C=O) groups excluding carboxylic acids is 1. The van der Waals surface area contributed by atoms with Crippen LogP contribution < -0.4 is 14.4 Å².